The lowest BCUT2D eigenvalue weighted by atomic mass is 9.99. The summed E-state index contributed by atoms with van der Waals surface area (Å²) in [7, 11) is 1.71. The summed E-state index contributed by atoms with van der Waals surface area (Å²) < 4.78 is 26.7. The van der Waals surface area contributed by atoms with Crippen LogP contribution in [0.2, 0.25) is 0 Å². The van der Waals surface area contributed by atoms with Crippen molar-refractivity contribution in [3.63, 3.8) is 0 Å². The molecule has 2 rings (SSSR count). The lowest BCUT2D eigenvalue weighted by molar-refractivity contribution is -0.136. The zero-order valence-corrected chi connectivity index (χ0v) is 18.0. The number of carbonyl (C=O) groups excluding carboxylic acids is 2. The van der Waals surface area contributed by atoms with Crippen molar-refractivity contribution in [2.75, 3.05) is 13.6 Å². The predicted molar refractivity (Wildman–Crippen MR) is 114 cm³/mol. The first kappa shape index (κ1) is 23.5. The largest absolute Gasteiger partial charge is 0.354 e. The molecule has 2 aromatic rings. The lowest BCUT2D eigenvalue weighted by Gasteiger charge is -2.28. The molecule has 0 aliphatic rings. The third-order valence-corrected chi connectivity index (χ3v) is 5.31. The zero-order valence-electron chi connectivity index (χ0n) is 18.0. The average molecular weight is 417 g/mol. The van der Waals surface area contributed by atoms with Gasteiger partial charge in [0.1, 0.15) is 11.6 Å². The molecule has 0 saturated carbocycles. The maximum Gasteiger partial charge on any atom is 0.225 e. The number of hydrogen-bond acceptors (Lipinski definition) is 2. The van der Waals surface area contributed by atoms with Gasteiger partial charge in [0.05, 0.1) is 0 Å². The van der Waals surface area contributed by atoms with Gasteiger partial charge in [-0.1, -0.05) is 38.1 Å². The van der Waals surface area contributed by atoms with Gasteiger partial charge in [-0.15, -0.1) is 0 Å². The van der Waals surface area contributed by atoms with Crippen LogP contribution in [0.3, 0.4) is 0 Å². The Balaban J connectivity index is 1.82. The summed E-state index contributed by atoms with van der Waals surface area (Å²) in [5, 5.41) is 2.87. The molecule has 0 spiro atoms. The number of rotatable bonds is 9. The molecule has 2 amide bonds. The molecular weight excluding hydrogens is 386 g/mol. The van der Waals surface area contributed by atoms with Gasteiger partial charge in [-0.25, -0.2) is 8.78 Å². The van der Waals surface area contributed by atoms with E-state index in [2.05, 4.69) is 5.32 Å². The normalized spacial score (nSPS) is 13.9. The molecule has 162 valence electrons. The van der Waals surface area contributed by atoms with Gasteiger partial charge in [-0.3, -0.25) is 9.59 Å². The van der Waals surface area contributed by atoms with Gasteiger partial charge in [0.15, 0.2) is 0 Å². The highest BCUT2D eigenvalue weighted by molar-refractivity contribution is 5.80. The van der Waals surface area contributed by atoms with Crippen molar-refractivity contribution >= 4 is 11.8 Å². The number of halogens is 2. The first-order valence-corrected chi connectivity index (χ1v) is 10.2. The first-order valence-electron chi connectivity index (χ1n) is 10.2. The predicted octanol–water partition coefficient (Wildman–Crippen LogP) is 3.99. The van der Waals surface area contributed by atoms with Crippen molar-refractivity contribution in [2.45, 2.75) is 39.7 Å². The Kier molecular flexibility index (Phi) is 8.51. The number of amides is 2. The van der Waals surface area contributed by atoms with Crippen LogP contribution in [0.25, 0.3) is 0 Å². The molecule has 4 nitrogen and oxygen atoms in total. The van der Waals surface area contributed by atoms with E-state index in [9.17, 15) is 18.4 Å². The van der Waals surface area contributed by atoms with E-state index in [1.54, 1.807) is 43.1 Å². The monoisotopic (exact) mass is 416 g/mol. The van der Waals surface area contributed by atoms with E-state index in [1.165, 1.54) is 24.3 Å². The number of carbonyl (C=O) groups is 2. The molecule has 0 fully saturated rings. The molecule has 3 unspecified atom stereocenters. The Hall–Kier alpha value is -2.76. The molecule has 0 heterocycles. The molecule has 0 bridgehead atoms. The Morgan fingerprint density at radius 3 is 1.90 bits per heavy atom. The summed E-state index contributed by atoms with van der Waals surface area (Å²) >= 11 is 0. The Morgan fingerprint density at radius 2 is 1.40 bits per heavy atom. The summed E-state index contributed by atoms with van der Waals surface area (Å²) in [6.45, 7) is 5.79. The van der Waals surface area contributed by atoms with Gasteiger partial charge in [0.25, 0.3) is 0 Å². The van der Waals surface area contributed by atoms with Crippen molar-refractivity contribution in [1.29, 1.82) is 0 Å². The van der Waals surface area contributed by atoms with E-state index in [1.807, 2.05) is 13.8 Å². The minimum atomic E-state index is -0.318. The summed E-state index contributed by atoms with van der Waals surface area (Å²) in [5.74, 6) is -1.45. The molecule has 2 aromatic carbocycles. The fraction of sp³-hybridized carbons (Fsp3) is 0.417. The number of likely N-dealkylation sites (N-methyl/N-ethyl adjacent to an activating group) is 1. The smallest absolute Gasteiger partial charge is 0.225 e. The Bertz CT molecular complexity index is 872. The van der Waals surface area contributed by atoms with Gasteiger partial charge in [-0.05, 0) is 55.2 Å². The highest BCUT2D eigenvalue weighted by Crippen LogP contribution is 2.14. The Morgan fingerprint density at radius 1 is 0.900 bits per heavy atom. The van der Waals surface area contributed by atoms with Crippen LogP contribution in [0, 0.1) is 23.5 Å². The fourth-order valence-electron chi connectivity index (χ4n) is 3.34. The number of nitrogens with one attached hydrogen (secondary N) is 1. The summed E-state index contributed by atoms with van der Waals surface area (Å²) in [6, 6.07) is 12.3. The molecule has 0 aliphatic heterocycles. The maximum atomic E-state index is 13.3. The van der Waals surface area contributed by atoms with E-state index < -0.39 is 0 Å². The molecular formula is C24H30F2N2O2. The van der Waals surface area contributed by atoms with Gasteiger partial charge in [-0.2, -0.15) is 0 Å². The van der Waals surface area contributed by atoms with E-state index in [-0.39, 0.29) is 41.3 Å². The van der Waals surface area contributed by atoms with Crippen LogP contribution in [-0.4, -0.2) is 36.3 Å². The third kappa shape index (κ3) is 6.94. The van der Waals surface area contributed by atoms with Crippen molar-refractivity contribution in [1.82, 2.24) is 10.2 Å². The molecule has 0 aromatic heterocycles. The number of hydrogen-bond donors (Lipinski definition) is 1. The standard InChI is InChI=1S/C24H30F2N2O2/c1-16(11-19-7-5-9-21(25)13-19)23(29)27-15-18(3)28(4)24(30)17(2)12-20-8-6-10-22(26)14-20/h5-10,13-14,16-18H,11-12,15H2,1-4H3,(H,27,29). The zero-order chi connectivity index (χ0) is 22.3. The van der Waals surface area contributed by atoms with Gasteiger partial charge >= 0.3 is 0 Å². The minimum absolute atomic E-state index is 0.0613. The fourth-order valence-corrected chi connectivity index (χ4v) is 3.34. The second-order valence-corrected chi connectivity index (χ2v) is 8.01. The first-order chi connectivity index (χ1) is 14.2. The second kappa shape index (κ2) is 10.9. The lowest BCUT2D eigenvalue weighted by Crippen LogP contribution is -2.46. The summed E-state index contributed by atoms with van der Waals surface area (Å²) in [5.41, 5.74) is 1.54. The molecule has 1 N–H and O–H groups in total. The maximum absolute atomic E-state index is 13.3. The van der Waals surface area contributed by atoms with E-state index in [0.29, 0.717) is 19.4 Å². The average Bonchev–Trinajstić information content (AvgIpc) is 2.70. The van der Waals surface area contributed by atoms with Crippen LogP contribution >= 0.6 is 0 Å². The topological polar surface area (TPSA) is 49.4 Å². The van der Waals surface area contributed by atoms with Crippen molar-refractivity contribution in [3.8, 4) is 0 Å². The highest BCUT2D eigenvalue weighted by Gasteiger charge is 2.23. The summed E-state index contributed by atoms with van der Waals surface area (Å²) in [4.78, 5) is 26.7. The van der Waals surface area contributed by atoms with E-state index in [0.717, 1.165) is 11.1 Å². The molecule has 3 atom stereocenters. The van der Waals surface area contributed by atoms with Crippen LogP contribution in [0.15, 0.2) is 48.5 Å². The van der Waals surface area contributed by atoms with Gasteiger partial charge in [0, 0.05) is 31.5 Å². The van der Waals surface area contributed by atoms with Crippen molar-refractivity contribution in [3.05, 3.63) is 71.3 Å². The van der Waals surface area contributed by atoms with Crippen LogP contribution in [0.4, 0.5) is 8.78 Å². The van der Waals surface area contributed by atoms with Crippen LogP contribution in [-0.2, 0) is 22.4 Å². The molecule has 0 saturated heterocycles. The van der Waals surface area contributed by atoms with Crippen LogP contribution in [0.1, 0.15) is 31.9 Å². The highest BCUT2D eigenvalue weighted by atomic mass is 19.1. The van der Waals surface area contributed by atoms with E-state index in [4.69, 9.17) is 0 Å². The van der Waals surface area contributed by atoms with Crippen molar-refractivity contribution in [2.24, 2.45) is 11.8 Å². The number of nitrogens with zero attached hydrogens (tertiary/aromatic N) is 1. The third-order valence-electron chi connectivity index (χ3n) is 5.31. The van der Waals surface area contributed by atoms with Crippen LogP contribution in [0.5, 0.6) is 0 Å². The van der Waals surface area contributed by atoms with E-state index >= 15 is 0 Å². The molecule has 30 heavy (non-hydrogen) atoms. The van der Waals surface area contributed by atoms with Crippen molar-refractivity contribution < 1.29 is 18.4 Å². The molecule has 0 radical (unpaired) electrons. The molecule has 6 heteroatoms. The quantitative estimate of drug-likeness (QED) is 0.672. The Labute approximate surface area is 177 Å². The number of benzene rings is 2. The minimum Gasteiger partial charge on any atom is -0.354 e. The van der Waals surface area contributed by atoms with Gasteiger partial charge < -0.3 is 10.2 Å². The van der Waals surface area contributed by atoms with Crippen LogP contribution < -0.4 is 5.32 Å². The molecule has 0 aliphatic carbocycles. The SMILES string of the molecule is CC(Cc1cccc(F)c1)C(=O)NCC(C)N(C)C(=O)C(C)Cc1cccc(F)c1. The van der Waals surface area contributed by atoms with Gasteiger partial charge in [0.2, 0.25) is 11.8 Å². The summed E-state index contributed by atoms with van der Waals surface area (Å²) in [6.07, 6.45) is 0.891. The second-order valence-electron chi connectivity index (χ2n) is 8.01.